The third-order valence-electron chi connectivity index (χ3n) is 3.56. The maximum Gasteiger partial charge on any atom is 0.251 e. The summed E-state index contributed by atoms with van der Waals surface area (Å²) in [6.07, 6.45) is 0.797. The van der Waals surface area contributed by atoms with Gasteiger partial charge in [0.05, 0.1) is 0 Å². The second kappa shape index (κ2) is 9.43. The van der Waals surface area contributed by atoms with Gasteiger partial charge in [-0.2, -0.15) is 0 Å². The fourth-order valence-corrected chi connectivity index (χ4v) is 2.07. The van der Waals surface area contributed by atoms with Gasteiger partial charge < -0.3 is 16.0 Å². The minimum Gasteiger partial charge on any atom is -0.353 e. The van der Waals surface area contributed by atoms with Crippen LogP contribution in [0.2, 0.25) is 5.02 Å². The highest BCUT2D eigenvalue weighted by atomic mass is 35.5. The molecule has 0 saturated carbocycles. The van der Waals surface area contributed by atoms with Gasteiger partial charge in [0.2, 0.25) is 5.91 Å². The molecule has 0 saturated heterocycles. The smallest absolute Gasteiger partial charge is 0.251 e. The number of nitrogens with one attached hydrogen (secondary N) is 3. The van der Waals surface area contributed by atoms with E-state index in [0.29, 0.717) is 23.7 Å². The van der Waals surface area contributed by atoms with Crippen LogP contribution >= 0.6 is 11.6 Å². The third kappa shape index (κ3) is 5.66. The first-order valence-electron chi connectivity index (χ1n) is 7.48. The molecule has 6 heteroatoms. The van der Waals surface area contributed by atoms with Crippen molar-refractivity contribution in [2.75, 3.05) is 20.1 Å². The maximum absolute atomic E-state index is 12.3. The molecule has 1 aromatic carbocycles. The molecule has 0 heterocycles. The molecule has 0 bridgehead atoms. The molecular formula is C16H24ClN3O2. The van der Waals surface area contributed by atoms with Crippen molar-refractivity contribution in [2.45, 2.75) is 26.3 Å². The van der Waals surface area contributed by atoms with Crippen molar-refractivity contribution in [3.05, 3.63) is 34.9 Å². The van der Waals surface area contributed by atoms with E-state index in [1.54, 1.807) is 24.3 Å². The van der Waals surface area contributed by atoms with Crippen LogP contribution < -0.4 is 16.0 Å². The molecule has 0 radical (unpaired) electrons. The minimum atomic E-state index is -0.551. The molecule has 0 spiro atoms. The van der Waals surface area contributed by atoms with E-state index in [4.69, 9.17) is 11.6 Å². The van der Waals surface area contributed by atoms with Gasteiger partial charge >= 0.3 is 0 Å². The Kier molecular flexibility index (Phi) is 7.91. The number of hydrogen-bond donors (Lipinski definition) is 3. The minimum absolute atomic E-state index is 0.0471. The second-order valence-electron chi connectivity index (χ2n) is 5.24. The Morgan fingerprint density at radius 1 is 1.18 bits per heavy atom. The van der Waals surface area contributed by atoms with Crippen LogP contribution in [-0.2, 0) is 4.79 Å². The highest BCUT2D eigenvalue weighted by molar-refractivity contribution is 6.30. The van der Waals surface area contributed by atoms with Crippen LogP contribution in [0.4, 0.5) is 0 Å². The van der Waals surface area contributed by atoms with E-state index in [9.17, 15) is 9.59 Å². The van der Waals surface area contributed by atoms with Gasteiger partial charge in [0.25, 0.3) is 5.91 Å². The lowest BCUT2D eigenvalue weighted by Crippen LogP contribution is -2.51. The van der Waals surface area contributed by atoms with Crippen molar-refractivity contribution < 1.29 is 9.59 Å². The van der Waals surface area contributed by atoms with Gasteiger partial charge in [-0.3, -0.25) is 9.59 Å². The summed E-state index contributed by atoms with van der Waals surface area (Å²) in [6, 6.07) is 6.04. The molecule has 0 aromatic heterocycles. The number of amides is 2. The maximum atomic E-state index is 12.3. The van der Waals surface area contributed by atoms with E-state index in [0.717, 1.165) is 6.42 Å². The molecule has 0 aliphatic heterocycles. The van der Waals surface area contributed by atoms with Gasteiger partial charge in [0, 0.05) is 23.7 Å². The van der Waals surface area contributed by atoms with Crippen molar-refractivity contribution in [3.8, 4) is 0 Å². The summed E-state index contributed by atoms with van der Waals surface area (Å²) in [4.78, 5) is 24.5. The molecule has 2 amide bonds. The van der Waals surface area contributed by atoms with E-state index >= 15 is 0 Å². The highest BCUT2D eigenvalue weighted by Gasteiger charge is 2.25. The van der Waals surface area contributed by atoms with Crippen molar-refractivity contribution in [1.29, 1.82) is 0 Å². The lowest BCUT2D eigenvalue weighted by molar-refractivity contribution is -0.124. The van der Waals surface area contributed by atoms with Gasteiger partial charge in [0.1, 0.15) is 6.04 Å². The first-order valence-corrected chi connectivity index (χ1v) is 7.86. The van der Waals surface area contributed by atoms with Crippen LogP contribution in [-0.4, -0.2) is 38.0 Å². The number of carbonyl (C=O) groups excluding carboxylic acids is 2. The Hall–Kier alpha value is -1.59. The first-order chi connectivity index (χ1) is 10.5. The van der Waals surface area contributed by atoms with Gasteiger partial charge in [0.15, 0.2) is 0 Å². The van der Waals surface area contributed by atoms with E-state index < -0.39 is 6.04 Å². The molecule has 1 aromatic rings. The van der Waals surface area contributed by atoms with E-state index in [-0.39, 0.29) is 17.7 Å². The molecule has 3 N–H and O–H groups in total. The van der Waals surface area contributed by atoms with Crippen LogP contribution in [0.15, 0.2) is 24.3 Å². The predicted molar refractivity (Wildman–Crippen MR) is 89.1 cm³/mol. The fraction of sp³-hybridized carbons (Fsp3) is 0.500. The number of carbonyl (C=O) groups is 2. The number of benzene rings is 1. The lowest BCUT2D eigenvalue weighted by Gasteiger charge is -2.23. The van der Waals surface area contributed by atoms with Crippen molar-refractivity contribution in [2.24, 2.45) is 5.92 Å². The van der Waals surface area contributed by atoms with E-state index in [2.05, 4.69) is 16.0 Å². The highest BCUT2D eigenvalue weighted by Crippen LogP contribution is 2.12. The molecule has 1 rings (SSSR count). The molecular weight excluding hydrogens is 302 g/mol. The summed E-state index contributed by atoms with van der Waals surface area (Å²) < 4.78 is 0. The van der Waals surface area contributed by atoms with Crippen LogP contribution in [0.5, 0.6) is 0 Å². The van der Waals surface area contributed by atoms with Gasteiger partial charge in [-0.05, 0) is 37.2 Å². The zero-order chi connectivity index (χ0) is 16.5. The predicted octanol–water partition coefficient (Wildman–Crippen LogP) is 1.82. The Morgan fingerprint density at radius 3 is 2.36 bits per heavy atom. The fourth-order valence-electron chi connectivity index (χ4n) is 1.95. The summed E-state index contributed by atoms with van der Waals surface area (Å²) in [5, 5.41) is 9.18. The average molecular weight is 326 g/mol. The molecule has 0 aliphatic rings. The van der Waals surface area contributed by atoms with Gasteiger partial charge in [-0.1, -0.05) is 31.9 Å². The first kappa shape index (κ1) is 18.5. The van der Waals surface area contributed by atoms with Crippen LogP contribution in [0, 0.1) is 5.92 Å². The zero-order valence-electron chi connectivity index (χ0n) is 13.3. The summed E-state index contributed by atoms with van der Waals surface area (Å²) in [5.74, 6) is -0.386. The van der Waals surface area contributed by atoms with Gasteiger partial charge in [-0.25, -0.2) is 0 Å². The molecule has 2 unspecified atom stereocenters. The summed E-state index contributed by atoms with van der Waals surface area (Å²) in [7, 11) is 1.82. The Balaban J connectivity index is 2.73. The number of likely N-dealkylation sites (N-methyl/N-ethyl adjacent to an activating group) is 1. The van der Waals surface area contributed by atoms with Crippen molar-refractivity contribution in [3.63, 3.8) is 0 Å². The number of halogens is 1. The average Bonchev–Trinajstić information content (AvgIpc) is 2.52. The standard InChI is InChI=1S/C16H24ClN3O2/c1-4-11(2)14(16(22)19-10-9-18-3)20-15(21)12-5-7-13(17)8-6-12/h5-8,11,14,18H,4,9-10H2,1-3H3,(H,19,22)(H,20,21). The molecule has 5 nitrogen and oxygen atoms in total. The Morgan fingerprint density at radius 2 is 1.82 bits per heavy atom. The van der Waals surface area contributed by atoms with E-state index in [1.807, 2.05) is 20.9 Å². The van der Waals surface area contributed by atoms with Crippen LogP contribution in [0.3, 0.4) is 0 Å². The normalized spacial score (nSPS) is 13.3. The Bertz CT molecular complexity index is 491. The summed E-state index contributed by atoms with van der Waals surface area (Å²) in [5.41, 5.74) is 0.487. The largest absolute Gasteiger partial charge is 0.353 e. The summed E-state index contributed by atoms with van der Waals surface area (Å²) >= 11 is 5.81. The zero-order valence-corrected chi connectivity index (χ0v) is 14.0. The molecule has 22 heavy (non-hydrogen) atoms. The van der Waals surface area contributed by atoms with Crippen molar-refractivity contribution in [1.82, 2.24) is 16.0 Å². The van der Waals surface area contributed by atoms with E-state index in [1.165, 1.54) is 0 Å². The molecule has 122 valence electrons. The number of rotatable bonds is 8. The van der Waals surface area contributed by atoms with Crippen molar-refractivity contribution >= 4 is 23.4 Å². The molecule has 2 atom stereocenters. The SMILES string of the molecule is CCC(C)C(NC(=O)c1ccc(Cl)cc1)C(=O)NCCNC. The molecule has 0 fully saturated rings. The van der Waals surface area contributed by atoms with Crippen LogP contribution in [0.1, 0.15) is 30.6 Å². The third-order valence-corrected chi connectivity index (χ3v) is 3.81. The monoisotopic (exact) mass is 325 g/mol. The summed E-state index contributed by atoms with van der Waals surface area (Å²) in [6.45, 7) is 5.15. The number of hydrogen-bond acceptors (Lipinski definition) is 3. The second-order valence-corrected chi connectivity index (χ2v) is 5.67. The quantitative estimate of drug-likeness (QED) is 0.639. The Labute approximate surface area is 136 Å². The lowest BCUT2D eigenvalue weighted by atomic mass is 9.98. The van der Waals surface area contributed by atoms with Crippen LogP contribution in [0.25, 0.3) is 0 Å². The topological polar surface area (TPSA) is 70.2 Å². The molecule has 0 aliphatic carbocycles. The van der Waals surface area contributed by atoms with Gasteiger partial charge in [-0.15, -0.1) is 0 Å².